The van der Waals surface area contributed by atoms with Crippen molar-refractivity contribution in [2.75, 3.05) is 5.73 Å². The molecule has 0 unspecified atom stereocenters. The van der Waals surface area contributed by atoms with Crippen molar-refractivity contribution in [2.45, 2.75) is 13.8 Å². The van der Waals surface area contributed by atoms with Gasteiger partial charge in [0.05, 0.1) is 26.1 Å². The molecule has 0 atom stereocenters. The third-order valence-corrected chi connectivity index (χ3v) is 4.93. The molecule has 1 aromatic carbocycles. The first kappa shape index (κ1) is 11.7. The number of thiazole rings is 1. The summed E-state index contributed by atoms with van der Waals surface area (Å²) >= 11 is 5.12. The first-order chi connectivity index (χ1) is 8.56. The fourth-order valence-electron chi connectivity index (χ4n) is 1.83. The number of nitrogens with zero attached hydrogens (tertiary/aromatic N) is 3. The van der Waals surface area contributed by atoms with Crippen LogP contribution in [0, 0.1) is 13.8 Å². The van der Waals surface area contributed by atoms with E-state index in [1.165, 1.54) is 0 Å². The number of nitrogens with two attached hydrogens (primary N) is 1. The number of hydrogen-bond donors (Lipinski definition) is 1. The summed E-state index contributed by atoms with van der Waals surface area (Å²) in [6, 6.07) is 5.74. The molecule has 0 spiro atoms. The fourth-order valence-corrected chi connectivity index (χ4v) is 3.09. The fraction of sp³-hybridized carbons (Fsp3) is 0.167. The Morgan fingerprint density at radius 2 is 2.11 bits per heavy atom. The zero-order chi connectivity index (χ0) is 12.9. The van der Waals surface area contributed by atoms with Gasteiger partial charge in [0.2, 0.25) is 5.13 Å². The minimum absolute atomic E-state index is 0.757. The molecule has 0 fully saturated rings. The molecule has 3 aromatic rings. The van der Waals surface area contributed by atoms with Crippen LogP contribution >= 0.6 is 27.3 Å². The second-order valence-corrected chi connectivity index (χ2v) is 5.92. The minimum atomic E-state index is 0.757. The standard InChI is InChI=1S/C12H11BrN4S/c1-6-11(13)7(2)17(16-6)12-15-9-4-3-8(14)5-10(9)18-12/h3-5H,14H2,1-2H3. The average Bonchev–Trinajstić information content (AvgIpc) is 2.85. The topological polar surface area (TPSA) is 56.7 Å². The van der Waals surface area contributed by atoms with Gasteiger partial charge < -0.3 is 5.73 Å². The van der Waals surface area contributed by atoms with Gasteiger partial charge in [-0.2, -0.15) is 5.10 Å². The Labute approximate surface area is 117 Å². The van der Waals surface area contributed by atoms with Crippen LogP contribution in [0.4, 0.5) is 5.69 Å². The van der Waals surface area contributed by atoms with Crippen molar-refractivity contribution in [1.29, 1.82) is 0 Å². The van der Waals surface area contributed by atoms with Crippen molar-refractivity contribution in [3.8, 4) is 5.13 Å². The van der Waals surface area contributed by atoms with E-state index in [0.717, 1.165) is 36.9 Å². The van der Waals surface area contributed by atoms with Crippen molar-refractivity contribution >= 4 is 43.2 Å². The summed E-state index contributed by atoms with van der Waals surface area (Å²) in [6.07, 6.45) is 0. The number of fused-ring (bicyclic) bond motifs is 1. The van der Waals surface area contributed by atoms with Crippen molar-refractivity contribution in [3.63, 3.8) is 0 Å². The lowest BCUT2D eigenvalue weighted by Crippen LogP contribution is -1.97. The summed E-state index contributed by atoms with van der Waals surface area (Å²) in [5, 5.41) is 5.35. The van der Waals surface area contributed by atoms with E-state index in [4.69, 9.17) is 5.73 Å². The molecule has 18 heavy (non-hydrogen) atoms. The van der Waals surface area contributed by atoms with Crippen molar-refractivity contribution in [2.24, 2.45) is 0 Å². The highest BCUT2D eigenvalue weighted by molar-refractivity contribution is 9.10. The molecular weight excluding hydrogens is 312 g/mol. The number of aryl methyl sites for hydroxylation is 1. The van der Waals surface area contributed by atoms with E-state index in [-0.39, 0.29) is 0 Å². The number of rotatable bonds is 1. The lowest BCUT2D eigenvalue weighted by Gasteiger charge is -1.97. The van der Waals surface area contributed by atoms with Gasteiger partial charge in [-0.3, -0.25) is 0 Å². The summed E-state index contributed by atoms with van der Waals surface area (Å²) in [4.78, 5) is 4.58. The lowest BCUT2D eigenvalue weighted by atomic mass is 10.3. The van der Waals surface area contributed by atoms with Crippen LogP contribution in [0.25, 0.3) is 15.3 Å². The SMILES string of the molecule is Cc1nn(-c2nc3ccc(N)cc3s2)c(C)c1Br. The molecule has 92 valence electrons. The third-order valence-electron chi connectivity index (χ3n) is 2.79. The Morgan fingerprint density at radius 3 is 2.78 bits per heavy atom. The number of hydrogen-bond acceptors (Lipinski definition) is 4. The average molecular weight is 323 g/mol. The number of benzene rings is 1. The third kappa shape index (κ3) is 1.72. The van der Waals surface area contributed by atoms with Crippen molar-refractivity contribution < 1.29 is 0 Å². The van der Waals surface area contributed by atoms with Gasteiger partial charge in [0.15, 0.2) is 0 Å². The van der Waals surface area contributed by atoms with Crippen molar-refractivity contribution in [3.05, 3.63) is 34.1 Å². The van der Waals surface area contributed by atoms with Crippen LogP contribution in [-0.2, 0) is 0 Å². The Hall–Kier alpha value is -1.40. The van der Waals surface area contributed by atoms with Crippen LogP contribution in [0.2, 0.25) is 0 Å². The lowest BCUT2D eigenvalue weighted by molar-refractivity contribution is 0.827. The van der Waals surface area contributed by atoms with Gasteiger partial charge in [-0.25, -0.2) is 9.67 Å². The van der Waals surface area contributed by atoms with Crippen LogP contribution in [0.5, 0.6) is 0 Å². The zero-order valence-electron chi connectivity index (χ0n) is 9.94. The summed E-state index contributed by atoms with van der Waals surface area (Å²) in [6.45, 7) is 3.99. The molecule has 0 aliphatic heterocycles. The van der Waals surface area contributed by atoms with Gasteiger partial charge in [-0.15, -0.1) is 0 Å². The van der Waals surface area contributed by atoms with Crippen LogP contribution in [0.1, 0.15) is 11.4 Å². The van der Waals surface area contributed by atoms with Gasteiger partial charge in [0.25, 0.3) is 0 Å². The molecule has 0 aliphatic carbocycles. The van der Waals surface area contributed by atoms with Crippen molar-refractivity contribution in [1.82, 2.24) is 14.8 Å². The zero-order valence-corrected chi connectivity index (χ0v) is 12.3. The van der Waals surface area contributed by atoms with Crippen LogP contribution in [-0.4, -0.2) is 14.8 Å². The minimum Gasteiger partial charge on any atom is -0.399 e. The van der Waals surface area contributed by atoms with Gasteiger partial charge in [0.1, 0.15) is 0 Å². The van der Waals surface area contributed by atoms with Crippen LogP contribution < -0.4 is 5.73 Å². The second-order valence-electron chi connectivity index (χ2n) is 4.12. The second kappa shape index (κ2) is 4.07. The molecule has 0 amide bonds. The Bertz CT molecular complexity index is 744. The molecule has 0 bridgehead atoms. The van der Waals surface area contributed by atoms with Gasteiger partial charge >= 0.3 is 0 Å². The van der Waals surface area contributed by atoms with Gasteiger partial charge in [0, 0.05) is 5.69 Å². The van der Waals surface area contributed by atoms with E-state index in [9.17, 15) is 0 Å². The normalized spacial score (nSPS) is 11.3. The smallest absolute Gasteiger partial charge is 0.211 e. The highest BCUT2D eigenvalue weighted by Gasteiger charge is 2.13. The Balaban J connectivity index is 2.22. The number of nitrogen functional groups attached to an aromatic ring is 1. The summed E-state index contributed by atoms with van der Waals surface area (Å²) in [5.74, 6) is 0. The Morgan fingerprint density at radius 1 is 1.33 bits per heavy atom. The van der Waals surface area contributed by atoms with Crippen LogP contribution in [0.15, 0.2) is 22.7 Å². The van der Waals surface area contributed by atoms with E-state index >= 15 is 0 Å². The summed E-state index contributed by atoms with van der Waals surface area (Å²) in [7, 11) is 0. The van der Waals surface area contributed by atoms with Gasteiger partial charge in [-0.1, -0.05) is 11.3 Å². The molecule has 0 radical (unpaired) electrons. The Kier molecular flexibility index (Phi) is 2.64. The first-order valence-corrected chi connectivity index (χ1v) is 7.05. The maximum Gasteiger partial charge on any atom is 0.211 e. The van der Waals surface area contributed by atoms with E-state index < -0.39 is 0 Å². The maximum absolute atomic E-state index is 5.78. The first-order valence-electron chi connectivity index (χ1n) is 5.44. The molecule has 0 saturated heterocycles. The summed E-state index contributed by atoms with van der Waals surface area (Å²) in [5.41, 5.74) is 9.51. The molecule has 0 aliphatic rings. The number of halogens is 1. The number of anilines is 1. The van der Waals surface area contributed by atoms with E-state index in [0.29, 0.717) is 0 Å². The summed E-state index contributed by atoms with van der Waals surface area (Å²) < 4.78 is 3.97. The monoisotopic (exact) mass is 322 g/mol. The molecule has 4 nitrogen and oxygen atoms in total. The number of aromatic nitrogens is 3. The predicted molar refractivity (Wildman–Crippen MR) is 78.3 cm³/mol. The largest absolute Gasteiger partial charge is 0.399 e. The highest BCUT2D eigenvalue weighted by atomic mass is 79.9. The van der Waals surface area contributed by atoms with E-state index in [1.54, 1.807) is 11.3 Å². The van der Waals surface area contributed by atoms with Crippen LogP contribution in [0.3, 0.4) is 0 Å². The molecular formula is C12H11BrN4S. The molecule has 6 heteroatoms. The van der Waals surface area contributed by atoms with E-state index in [1.807, 2.05) is 36.7 Å². The molecule has 2 aromatic heterocycles. The molecule has 0 saturated carbocycles. The molecule has 2 heterocycles. The molecule has 2 N–H and O–H groups in total. The quantitative estimate of drug-likeness (QED) is 0.698. The maximum atomic E-state index is 5.78. The van der Waals surface area contributed by atoms with E-state index in [2.05, 4.69) is 26.0 Å². The molecule has 3 rings (SSSR count). The highest BCUT2D eigenvalue weighted by Crippen LogP contribution is 2.29. The van der Waals surface area contributed by atoms with Gasteiger partial charge in [-0.05, 0) is 48.0 Å². The predicted octanol–water partition coefficient (Wildman–Crippen LogP) is 3.44.